The van der Waals surface area contributed by atoms with Crippen LogP contribution in [-0.4, -0.2) is 67.9 Å². The predicted octanol–water partition coefficient (Wildman–Crippen LogP) is 0.862. The highest BCUT2D eigenvalue weighted by Gasteiger charge is 2.35. The van der Waals surface area contributed by atoms with E-state index in [9.17, 15) is 9.90 Å². The second kappa shape index (κ2) is 7.82. The first kappa shape index (κ1) is 18.3. The Kier molecular flexibility index (Phi) is 5.51. The van der Waals surface area contributed by atoms with Crippen LogP contribution in [0.2, 0.25) is 0 Å². The van der Waals surface area contributed by atoms with Gasteiger partial charge in [-0.25, -0.2) is 4.98 Å². The smallest absolute Gasteiger partial charge is 0.224 e. The lowest BCUT2D eigenvalue weighted by Gasteiger charge is -2.41. The minimum absolute atomic E-state index is 0.00297. The summed E-state index contributed by atoms with van der Waals surface area (Å²) in [5.74, 6) is 0.761. The number of hydrogen-bond donors (Lipinski definition) is 1. The number of nitrogens with zero attached hydrogens (tertiary/aromatic N) is 6. The number of anilines is 1. The molecule has 1 atom stereocenters. The summed E-state index contributed by atoms with van der Waals surface area (Å²) in [7, 11) is 1.75. The van der Waals surface area contributed by atoms with Gasteiger partial charge in [-0.15, -0.1) is 0 Å². The Morgan fingerprint density at radius 2 is 2.27 bits per heavy atom. The first-order valence-electron chi connectivity index (χ1n) is 8.93. The molecule has 1 aliphatic heterocycles. The van der Waals surface area contributed by atoms with Crippen molar-refractivity contribution in [3.8, 4) is 0 Å². The average Bonchev–Trinajstić information content (AvgIpc) is 3.05. The summed E-state index contributed by atoms with van der Waals surface area (Å²) >= 11 is 0. The standard InChI is InChI=1S/C18H26N6O2/c1-15-4-10-24(21-15)11-5-17(25)22(2)13-18(26)6-3-9-23(14-18)16-12-19-7-8-20-16/h4,7-8,10,12,26H,3,5-6,9,11,13-14H2,1-2H3/t18-/m1/s1. The molecule has 0 bridgehead atoms. The minimum Gasteiger partial charge on any atom is -0.386 e. The molecule has 8 nitrogen and oxygen atoms in total. The lowest BCUT2D eigenvalue weighted by molar-refractivity contribution is -0.133. The van der Waals surface area contributed by atoms with Gasteiger partial charge in [0.25, 0.3) is 0 Å². The molecule has 1 saturated heterocycles. The lowest BCUT2D eigenvalue weighted by Crippen LogP contribution is -2.55. The van der Waals surface area contributed by atoms with Crippen molar-refractivity contribution in [3.63, 3.8) is 0 Å². The van der Waals surface area contributed by atoms with Gasteiger partial charge in [-0.1, -0.05) is 0 Å². The van der Waals surface area contributed by atoms with Gasteiger partial charge in [0.2, 0.25) is 5.91 Å². The van der Waals surface area contributed by atoms with Crippen molar-refractivity contribution in [3.05, 3.63) is 36.5 Å². The molecule has 3 heterocycles. The van der Waals surface area contributed by atoms with Gasteiger partial charge in [0.15, 0.2) is 0 Å². The van der Waals surface area contributed by atoms with E-state index in [4.69, 9.17) is 0 Å². The molecule has 1 aliphatic rings. The molecule has 3 rings (SSSR count). The molecule has 26 heavy (non-hydrogen) atoms. The minimum atomic E-state index is -0.942. The maximum atomic E-state index is 12.4. The molecule has 1 fully saturated rings. The van der Waals surface area contributed by atoms with Crippen molar-refractivity contribution in [1.29, 1.82) is 0 Å². The highest BCUT2D eigenvalue weighted by atomic mass is 16.3. The number of carbonyl (C=O) groups is 1. The average molecular weight is 358 g/mol. The summed E-state index contributed by atoms with van der Waals surface area (Å²) in [5.41, 5.74) is -0.00549. The third kappa shape index (κ3) is 4.57. The molecule has 140 valence electrons. The molecular formula is C18H26N6O2. The Balaban J connectivity index is 1.55. The summed E-state index contributed by atoms with van der Waals surface area (Å²) in [4.78, 5) is 24.5. The number of aryl methyl sites for hydroxylation is 2. The molecule has 0 radical (unpaired) electrons. The van der Waals surface area contributed by atoms with Crippen LogP contribution in [0.4, 0.5) is 5.82 Å². The molecule has 2 aromatic rings. The van der Waals surface area contributed by atoms with E-state index in [0.29, 0.717) is 32.5 Å². The number of rotatable bonds is 6. The number of amides is 1. The van der Waals surface area contributed by atoms with Crippen LogP contribution in [0.3, 0.4) is 0 Å². The number of piperidine rings is 1. The van der Waals surface area contributed by atoms with E-state index in [0.717, 1.165) is 24.5 Å². The molecule has 0 saturated carbocycles. The maximum absolute atomic E-state index is 12.4. The monoisotopic (exact) mass is 358 g/mol. The highest BCUT2D eigenvalue weighted by Crippen LogP contribution is 2.25. The Morgan fingerprint density at radius 3 is 2.96 bits per heavy atom. The molecular weight excluding hydrogens is 332 g/mol. The number of aromatic nitrogens is 4. The normalized spacial score (nSPS) is 20.2. The molecule has 0 spiro atoms. The second-order valence-electron chi connectivity index (χ2n) is 7.03. The lowest BCUT2D eigenvalue weighted by atomic mass is 9.92. The van der Waals surface area contributed by atoms with Gasteiger partial charge in [-0.05, 0) is 25.8 Å². The summed E-state index contributed by atoms with van der Waals surface area (Å²) in [6.45, 7) is 4.05. The van der Waals surface area contributed by atoms with Gasteiger partial charge in [-0.2, -0.15) is 5.10 Å². The third-order valence-electron chi connectivity index (χ3n) is 4.71. The quantitative estimate of drug-likeness (QED) is 0.824. The molecule has 0 unspecified atom stereocenters. The Morgan fingerprint density at radius 1 is 1.42 bits per heavy atom. The van der Waals surface area contributed by atoms with Crippen LogP contribution in [0.15, 0.2) is 30.9 Å². The maximum Gasteiger partial charge on any atom is 0.224 e. The van der Waals surface area contributed by atoms with Crippen molar-refractivity contribution in [2.75, 3.05) is 31.6 Å². The van der Waals surface area contributed by atoms with Crippen molar-refractivity contribution in [2.45, 2.75) is 38.3 Å². The van der Waals surface area contributed by atoms with Gasteiger partial charge in [0.05, 0.1) is 24.0 Å². The highest BCUT2D eigenvalue weighted by molar-refractivity contribution is 5.75. The number of hydrogen-bond acceptors (Lipinski definition) is 6. The van der Waals surface area contributed by atoms with E-state index in [1.54, 1.807) is 35.2 Å². The number of β-amino-alcohol motifs (C(OH)–C–C–N with tert-alkyl or cyclic N) is 1. The van der Waals surface area contributed by atoms with Crippen LogP contribution in [0.1, 0.15) is 25.0 Å². The van der Waals surface area contributed by atoms with Crippen LogP contribution < -0.4 is 4.90 Å². The van der Waals surface area contributed by atoms with E-state index >= 15 is 0 Å². The van der Waals surface area contributed by atoms with Gasteiger partial charge in [-0.3, -0.25) is 14.5 Å². The molecule has 8 heteroatoms. The van der Waals surface area contributed by atoms with E-state index < -0.39 is 5.60 Å². The third-order valence-corrected chi connectivity index (χ3v) is 4.71. The van der Waals surface area contributed by atoms with E-state index in [-0.39, 0.29) is 5.91 Å². The van der Waals surface area contributed by atoms with Crippen molar-refractivity contribution in [2.24, 2.45) is 0 Å². The zero-order valence-electron chi connectivity index (χ0n) is 15.4. The van der Waals surface area contributed by atoms with Gasteiger partial charge in [0.1, 0.15) is 5.82 Å². The first-order valence-corrected chi connectivity index (χ1v) is 8.93. The van der Waals surface area contributed by atoms with Crippen LogP contribution in [0.25, 0.3) is 0 Å². The molecule has 2 aromatic heterocycles. The fraction of sp³-hybridized carbons (Fsp3) is 0.556. The number of aliphatic hydroxyl groups is 1. The van der Waals surface area contributed by atoms with E-state index in [1.165, 1.54) is 0 Å². The summed E-state index contributed by atoms with van der Waals surface area (Å²) in [5, 5.41) is 15.3. The molecule has 0 aromatic carbocycles. The molecule has 1 N–H and O–H groups in total. The van der Waals surface area contributed by atoms with Crippen molar-refractivity contribution < 1.29 is 9.90 Å². The topological polar surface area (TPSA) is 87.4 Å². The van der Waals surface area contributed by atoms with Crippen LogP contribution >= 0.6 is 0 Å². The number of carbonyl (C=O) groups excluding carboxylic acids is 1. The SMILES string of the molecule is Cc1ccn(CCC(=O)N(C)C[C@]2(O)CCCN(c3cnccn3)C2)n1. The van der Waals surface area contributed by atoms with Crippen molar-refractivity contribution in [1.82, 2.24) is 24.6 Å². The zero-order chi connectivity index (χ0) is 18.6. The van der Waals surface area contributed by atoms with Gasteiger partial charge in [0, 0.05) is 51.7 Å². The fourth-order valence-corrected chi connectivity index (χ4v) is 3.41. The molecule has 0 aliphatic carbocycles. The Labute approximate surface area is 153 Å². The summed E-state index contributed by atoms with van der Waals surface area (Å²) < 4.78 is 1.77. The Hall–Kier alpha value is -2.48. The Bertz CT molecular complexity index is 734. The zero-order valence-corrected chi connectivity index (χ0v) is 15.4. The van der Waals surface area contributed by atoms with Crippen LogP contribution in [0, 0.1) is 6.92 Å². The summed E-state index contributed by atoms with van der Waals surface area (Å²) in [6, 6.07) is 1.92. The van der Waals surface area contributed by atoms with Crippen LogP contribution in [-0.2, 0) is 11.3 Å². The van der Waals surface area contributed by atoms with E-state index in [2.05, 4.69) is 15.1 Å². The number of likely N-dealkylation sites (N-methyl/N-ethyl adjacent to an activating group) is 1. The van der Waals surface area contributed by atoms with Gasteiger partial charge < -0.3 is 14.9 Å². The first-order chi connectivity index (χ1) is 12.5. The largest absolute Gasteiger partial charge is 0.386 e. The van der Waals surface area contributed by atoms with E-state index in [1.807, 2.05) is 24.1 Å². The molecule has 1 amide bonds. The van der Waals surface area contributed by atoms with Crippen molar-refractivity contribution >= 4 is 11.7 Å². The summed E-state index contributed by atoms with van der Waals surface area (Å²) in [6.07, 6.45) is 8.73. The predicted molar refractivity (Wildman–Crippen MR) is 97.6 cm³/mol. The fourth-order valence-electron chi connectivity index (χ4n) is 3.41. The van der Waals surface area contributed by atoms with Gasteiger partial charge >= 0.3 is 0 Å². The van der Waals surface area contributed by atoms with Crippen LogP contribution in [0.5, 0.6) is 0 Å². The second-order valence-corrected chi connectivity index (χ2v) is 7.03.